The summed E-state index contributed by atoms with van der Waals surface area (Å²) in [6.07, 6.45) is 3.47. The molecule has 4 nitrogen and oxygen atoms in total. The van der Waals surface area contributed by atoms with E-state index in [1.165, 1.54) is 11.3 Å². The first kappa shape index (κ1) is 15.3. The zero-order chi connectivity index (χ0) is 16.1. The van der Waals surface area contributed by atoms with Crippen molar-refractivity contribution < 1.29 is 5.11 Å². The van der Waals surface area contributed by atoms with E-state index in [1.807, 2.05) is 36.7 Å². The molecule has 0 saturated carbocycles. The molecule has 0 spiro atoms. The molecule has 118 valence electrons. The summed E-state index contributed by atoms with van der Waals surface area (Å²) in [5.41, 5.74) is 10.3. The molecule has 1 heterocycles. The second-order valence-electron chi connectivity index (χ2n) is 5.64. The molecule has 0 bridgehead atoms. The van der Waals surface area contributed by atoms with Crippen molar-refractivity contribution in [1.29, 1.82) is 0 Å². The number of benzene rings is 2. The predicted molar refractivity (Wildman–Crippen MR) is 91.4 cm³/mol. The van der Waals surface area contributed by atoms with Gasteiger partial charge in [0.15, 0.2) is 0 Å². The number of nitrogens with two attached hydrogens (primary N) is 1. The number of rotatable bonds is 6. The molecule has 0 unspecified atom stereocenters. The number of phenols is 1. The Hall–Kier alpha value is -2.59. The SMILES string of the molecule is NCCc1c(Cc2ccccc2)ncn1Cc1cccc(O)c1. The van der Waals surface area contributed by atoms with Gasteiger partial charge in [-0.05, 0) is 29.8 Å². The molecule has 0 atom stereocenters. The van der Waals surface area contributed by atoms with Crippen molar-refractivity contribution in [2.75, 3.05) is 6.54 Å². The van der Waals surface area contributed by atoms with Crippen molar-refractivity contribution in [1.82, 2.24) is 9.55 Å². The second kappa shape index (κ2) is 7.11. The van der Waals surface area contributed by atoms with Crippen LogP contribution in [-0.2, 0) is 19.4 Å². The number of aromatic nitrogens is 2. The number of imidazole rings is 1. The molecule has 1 aromatic heterocycles. The summed E-state index contributed by atoms with van der Waals surface area (Å²) >= 11 is 0. The molecule has 0 radical (unpaired) electrons. The highest BCUT2D eigenvalue weighted by Gasteiger charge is 2.11. The van der Waals surface area contributed by atoms with Gasteiger partial charge < -0.3 is 15.4 Å². The summed E-state index contributed by atoms with van der Waals surface area (Å²) in [6.45, 7) is 1.28. The molecule has 23 heavy (non-hydrogen) atoms. The Kier molecular flexibility index (Phi) is 4.74. The Morgan fingerprint density at radius 2 is 1.78 bits per heavy atom. The minimum absolute atomic E-state index is 0.285. The van der Waals surface area contributed by atoms with Crippen molar-refractivity contribution in [3.8, 4) is 5.75 Å². The van der Waals surface area contributed by atoms with Gasteiger partial charge in [-0.15, -0.1) is 0 Å². The predicted octanol–water partition coefficient (Wildman–Crippen LogP) is 2.73. The highest BCUT2D eigenvalue weighted by atomic mass is 16.3. The molecular formula is C19H21N3O. The molecule has 3 aromatic rings. The van der Waals surface area contributed by atoms with Crippen molar-refractivity contribution >= 4 is 0 Å². The highest BCUT2D eigenvalue weighted by molar-refractivity contribution is 5.29. The standard InChI is InChI=1S/C19H21N3O/c20-10-9-19-18(12-15-5-2-1-3-6-15)21-14-22(19)13-16-7-4-8-17(23)11-16/h1-8,11,14,23H,9-10,12-13,20H2. The zero-order valence-corrected chi connectivity index (χ0v) is 13.0. The van der Waals surface area contributed by atoms with Crippen molar-refractivity contribution in [2.24, 2.45) is 5.73 Å². The summed E-state index contributed by atoms with van der Waals surface area (Å²) in [4.78, 5) is 4.59. The molecule has 2 aromatic carbocycles. The van der Waals surface area contributed by atoms with Crippen LogP contribution in [-0.4, -0.2) is 21.2 Å². The number of aromatic hydroxyl groups is 1. The average Bonchev–Trinajstić information content (AvgIpc) is 2.91. The molecule has 0 saturated heterocycles. The van der Waals surface area contributed by atoms with Crippen LogP contribution in [0.4, 0.5) is 0 Å². The van der Waals surface area contributed by atoms with Crippen LogP contribution in [0.1, 0.15) is 22.5 Å². The zero-order valence-electron chi connectivity index (χ0n) is 13.0. The Bertz CT molecular complexity index is 765. The van der Waals surface area contributed by atoms with Crippen molar-refractivity contribution in [3.05, 3.63) is 83.4 Å². The molecule has 0 amide bonds. The molecule has 0 fully saturated rings. The van der Waals surface area contributed by atoms with E-state index in [-0.39, 0.29) is 5.75 Å². The first-order valence-corrected chi connectivity index (χ1v) is 7.81. The molecule has 0 aliphatic heterocycles. The van der Waals surface area contributed by atoms with Gasteiger partial charge in [-0.2, -0.15) is 0 Å². The minimum atomic E-state index is 0.285. The lowest BCUT2D eigenvalue weighted by Gasteiger charge is -2.10. The van der Waals surface area contributed by atoms with Gasteiger partial charge >= 0.3 is 0 Å². The van der Waals surface area contributed by atoms with E-state index < -0.39 is 0 Å². The van der Waals surface area contributed by atoms with Gasteiger partial charge in [0, 0.05) is 25.1 Å². The maximum absolute atomic E-state index is 9.62. The largest absolute Gasteiger partial charge is 0.508 e. The number of hydrogen-bond donors (Lipinski definition) is 2. The number of nitrogens with zero attached hydrogens (tertiary/aromatic N) is 2. The van der Waals surface area contributed by atoms with Gasteiger partial charge in [0.25, 0.3) is 0 Å². The topological polar surface area (TPSA) is 64.1 Å². The molecule has 3 rings (SSSR count). The fourth-order valence-electron chi connectivity index (χ4n) is 2.80. The van der Waals surface area contributed by atoms with E-state index in [2.05, 4.69) is 21.7 Å². The van der Waals surface area contributed by atoms with E-state index in [0.717, 1.165) is 24.1 Å². The summed E-state index contributed by atoms with van der Waals surface area (Å²) in [7, 11) is 0. The van der Waals surface area contributed by atoms with E-state index in [0.29, 0.717) is 13.1 Å². The van der Waals surface area contributed by atoms with Crippen LogP contribution in [0.25, 0.3) is 0 Å². The van der Waals surface area contributed by atoms with Crippen molar-refractivity contribution in [2.45, 2.75) is 19.4 Å². The van der Waals surface area contributed by atoms with Gasteiger partial charge in [0.1, 0.15) is 5.75 Å². The normalized spacial score (nSPS) is 10.8. The van der Waals surface area contributed by atoms with Gasteiger partial charge in [-0.3, -0.25) is 0 Å². The van der Waals surface area contributed by atoms with E-state index >= 15 is 0 Å². The van der Waals surface area contributed by atoms with Gasteiger partial charge in [-0.1, -0.05) is 42.5 Å². The van der Waals surface area contributed by atoms with Crippen LogP contribution in [0.3, 0.4) is 0 Å². The first-order valence-electron chi connectivity index (χ1n) is 7.81. The van der Waals surface area contributed by atoms with E-state index in [9.17, 15) is 5.11 Å². The summed E-state index contributed by atoms with van der Waals surface area (Å²) in [6, 6.07) is 17.6. The fraction of sp³-hybridized carbons (Fsp3) is 0.211. The molecule has 3 N–H and O–H groups in total. The maximum Gasteiger partial charge on any atom is 0.115 e. The Balaban J connectivity index is 1.86. The lowest BCUT2D eigenvalue weighted by Crippen LogP contribution is -2.11. The van der Waals surface area contributed by atoms with Crippen LogP contribution in [0, 0.1) is 0 Å². The van der Waals surface area contributed by atoms with Crippen LogP contribution >= 0.6 is 0 Å². The van der Waals surface area contributed by atoms with Crippen LogP contribution in [0.2, 0.25) is 0 Å². The smallest absolute Gasteiger partial charge is 0.115 e. The van der Waals surface area contributed by atoms with E-state index in [1.54, 1.807) is 12.1 Å². The summed E-state index contributed by atoms with van der Waals surface area (Å²) in [5, 5.41) is 9.62. The van der Waals surface area contributed by atoms with Crippen LogP contribution < -0.4 is 5.73 Å². The highest BCUT2D eigenvalue weighted by Crippen LogP contribution is 2.17. The monoisotopic (exact) mass is 307 g/mol. The van der Waals surface area contributed by atoms with E-state index in [4.69, 9.17) is 5.73 Å². The number of hydrogen-bond acceptors (Lipinski definition) is 3. The summed E-state index contributed by atoms with van der Waals surface area (Å²) in [5.74, 6) is 0.285. The molecule has 4 heteroatoms. The van der Waals surface area contributed by atoms with Gasteiger partial charge in [0.2, 0.25) is 0 Å². The molecule has 0 aliphatic carbocycles. The fourth-order valence-corrected chi connectivity index (χ4v) is 2.80. The first-order chi connectivity index (χ1) is 11.3. The quantitative estimate of drug-likeness (QED) is 0.736. The van der Waals surface area contributed by atoms with Crippen molar-refractivity contribution in [3.63, 3.8) is 0 Å². The minimum Gasteiger partial charge on any atom is -0.508 e. The van der Waals surface area contributed by atoms with Crippen LogP contribution in [0.5, 0.6) is 5.75 Å². The van der Waals surface area contributed by atoms with Crippen LogP contribution in [0.15, 0.2) is 60.9 Å². The lowest BCUT2D eigenvalue weighted by atomic mass is 10.1. The second-order valence-corrected chi connectivity index (χ2v) is 5.64. The van der Waals surface area contributed by atoms with Gasteiger partial charge in [0.05, 0.1) is 12.0 Å². The Morgan fingerprint density at radius 1 is 1.00 bits per heavy atom. The third-order valence-corrected chi connectivity index (χ3v) is 3.89. The summed E-state index contributed by atoms with van der Waals surface area (Å²) < 4.78 is 2.12. The van der Waals surface area contributed by atoms with Gasteiger partial charge in [-0.25, -0.2) is 4.98 Å². The maximum atomic E-state index is 9.62. The number of phenolic OH excluding ortho intramolecular Hbond substituents is 1. The third kappa shape index (κ3) is 3.79. The molecular weight excluding hydrogens is 286 g/mol. The Morgan fingerprint density at radius 3 is 2.52 bits per heavy atom. The Labute approximate surface area is 136 Å². The lowest BCUT2D eigenvalue weighted by molar-refractivity contribution is 0.474. The average molecular weight is 307 g/mol. The molecule has 0 aliphatic rings. The third-order valence-electron chi connectivity index (χ3n) is 3.89.